The Hall–Kier alpha value is -1.82. The predicted molar refractivity (Wildman–Crippen MR) is 103 cm³/mol. The minimum atomic E-state index is -4.41. The Morgan fingerprint density at radius 3 is 2.77 bits per heavy atom. The van der Waals surface area contributed by atoms with Crippen LogP contribution in [0.3, 0.4) is 0 Å². The maximum atomic E-state index is 12.0. The van der Waals surface area contributed by atoms with Gasteiger partial charge in [0.1, 0.15) is 6.23 Å². The van der Waals surface area contributed by atoms with Crippen molar-refractivity contribution in [3.05, 3.63) is 33.1 Å². The van der Waals surface area contributed by atoms with Crippen LogP contribution in [0.25, 0.3) is 0 Å². The van der Waals surface area contributed by atoms with Gasteiger partial charge in [-0.1, -0.05) is 0 Å². The van der Waals surface area contributed by atoms with Crippen LogP contribution < -0.4 is 11.2 Å². The van der Waals surface area contributed by atoms with Gasteiger partial charge in [0.25, 0.3) is 5.56 Å². The van der Waals surface area contributed by atoms with E-state index in [1.807, 2.05) is 0 Å². The number of hydrogen-bond acceptors (Lipinski definition) is 9. The number of aromatic nitrogens is 2. The fraction of sp³-hybridized carbons (Fsp3) is 0.706. The highest BCUT2D eigenvalue weighted by molar-refractivity contribution is 7.47. The summed E-state index contributed by atoms with van der Waals surface area (Å²) >= 11 is 0. The van der Waals surface area contributed by atoms with E-state index < -0.39 is 43.3 Å². The van der Waals surface area contributed by atoms with Crippen LogP contribution in [0.15, 0.2) is 21.9 Å². The SMILES string of the molecule is CC(C)OC(=O)CCCOP(=O)(O)OC[C@H]1O[C@@H](n2ccc(=O)[nH]c2=O)C[C@@H]1CO. The third-order valence-corrected chi connectivity index (χ3v) is 5.29. The van der Waals surface area contributed by atoms with Gasteiger partial charge in [-0.3, -0.25) is 28.2 Å². The molecule has 4 atom stereocenters. The Balaban J connectivity index is 1.83. The lowest BCUT2D eigenvalue weighted by Crippen LogP contribution is -2.31. The van der Waals surface area contributed by atoms with E-state index in [1.165, 1.54) is 6.20 Å². The first-order valence-corrected chi connectivity index (χ1v) is 11.0. The number of rotatable bonds is 11. The zero-order chi connectivity index (χ0) is 22.3. The second-order valence-electron chi connectivity index (χ2n) is 7.06. The van der Waals surface area contributed by atoms with Crippen molar-refractivity contribution < 1.29 is 37.9 Å². The Kier molecular flexibility index (Phi) is 8.95. The number of aliphatic hydroxyl groups is 1. The molecule has 1 aromatic rings. The maximum Gasteiger partial charge on any atom is 0.472 e. The number of ether oxygens (including phenoxy) is 2. The summed E-state index contributed by atoms with van der Waals surface area (Å²) < 4.78 is 33.6. The minimum Gasteiger partial charge on any atom is -0.463 e. The molecule has 2 heterocycles. The van der Waals surface area contributed by atoms with Crippen LogP contribution in [0.5, 0.6) is 0 Å². The van der Waals surface area contributed by atoms with Crippen molar-refractivity contribution in [2.45, 2.75) is 51.5 Å². The second-order valence-corrected chi connectivity index (χ2v) is 8.52. The normalized spacial score (nSPS) is 23.4. The van der Waals surface area contributed by atoms with E-state index in [2.05, 4.69) is 4.98 Å². The van der Waals surface area contributed by atoms with Crippen LogP contribution in [0, 0.1) is 5.92 Å². The molecule has 170 valence electrons. The number of aliphatic hydroxyl groups excluding tert-OH is 1. The van der Waals surface area contributed by atoms with Crippen LogP contribution in [0.4, 0.5) is 0 Å². The molecule has 13 heteroatoms. The number of phosphoric acid groups is 1. The summed E-state index contributed by atoms with van der Waals surface area (Å²) in [5.41, 5.74) is -1.22. The van der Waals surface area contributed by atoms with Gasteiger partial charge in [-0.05, 0) is 20.3 Å². The molecule has 1 aliphatic heterocycles. The third-order valence-electron chi connectivity index (χ3n) is 4.31. The predicted octanol–water partition coefficient (Wildman–Crippen LogP) is 0.298. The number of esters is 1. The van der Waals surface area contributed by atoms with Crippen molar-refractivity contribution in [1.29, 1.82) is 0 Å². The van der Waals surface area contributed by atoms with Gasteiger partial charge < -0.3 is 19.5 Å². The highest BCUT2D eigenvalue weighted by atomic mass is 31.2. The molecule has 1 aromatic heterocycles. The molecule has 1 saturated heterocycles. The molecular weight excluding hydrogens is 423 g/mol. The van der Waals surface area contributed by atoms with Crippen LogP contribution in [0.1, 0.15) is 39.3 Å². The largest absolute Gasteiger partial charge is 0.472 e. The first-order chi connectivity index (χ1) is 14.1. The Labute approximate surface area is 172 Å². The second kappa shape index (κ2) is 11.0. The van der Waals surface area contributed by atoms with Crippen molar-refractivity contribution in [2.75, 3.05) is 19.8 Å². The number of carbonyl (C=O) groups is 1. The number of nitrogens with one attached hydrogen (secondary N) is 1. The van der Waals surface area contributed by atoms with Gasteiger partial charge >= 0.3 is 19.5 Å². The zero-order valence-corrected chi connectivity index (χ0v) is 17.7. The van der Waals surface area contributed by atoms with Crippen molar-refractivity contribution in [3.63, 3.8) is 0 Å². The molecule has 0 saturated carbocycles. The first kappa shape index (κ1) is 24.4. The van der Waals surface area contributed by atoms with Crippen LogP contribution in [0.2, 0.25) is 0 Å². The van der Waals surface area contributed by atoms with E-state index in [0.29, 0.717) is 0 Å². The molecule has 0 amide bonds. The number of hydrogen-bond donors (Lipinski definition) is 3. The van der Waals surface area contributed by atoms with Crippen molar-refractivity contribution in [3.8, 4) is 0 Å². The van der Waals surface area contributed by atoms with E-state index >= 15 is 0 Å². The van der Waals surface area contributed by atoms with Gasteiger partial charge in [-0.2, -0.15) is 0 Å². The molecule has 0 radical (unpaired) electrons. The van der Waals surface area contributed by atoms with E-state index in [-0.39, 0.29) is 45.2 Å². The summed E-state index contributed by atoms with van der Waals surface area (Å²) in [6.07, 6.45) is -0.0664. The number of nitrogens with zero attached hydrogens (tertiary/aromatic N) is 1. The number of H-pyrrole nitrogens is 1. The van der Waals surface area contributed by atoms with Crippen molar-refractivity contribution >= 4 is 13.8 Å². The van der Waals surface area contributed by atoms with E-state index in [4.69, 9.17) is 18.5 Å². The summed E-state index contributed by atoms with van der Waals surface area (Å²) in [5.74, 6) is -0.893. The number of carbonyl (C=O) groups excluding carboxylic acids is 1. The van der Waals surface area contributed by atoms with Crippen molar-refractivity contribution in [2.24, 2.45) is 5.92 Å². The molecule has 1 unspecified atom stereocenters. The molecule has 1 fully saturated rings. The average molecular weight is 450 g/mol. The lowest BCUT2D eigenvalue weighted by Gasteiger charge is -2.19. The molecule has 0 aromatic carbocycles. The summed E-state index contributed by atoms with van der Waals surface area (Å²) in [5, 5.41) is 9.54. The lowest BCUT2D eigenvalue weighted by atomic mass is 10.0. The topological polar surface area (TPSA) is 166 Å². The van der Waals surface area contributed by atoms with Crippen LogP contribution >= 0.6 is 7.82 Å². The molecular formula is C17H27N2O10P. The number of phosphoric ester groups is 1. The lowest BCUT2D eigenvalue weighted by molar-refractivity contribution is -0.147. The van der Waals surface area contributed by atoms with E-state index in [9.17, 15) is 28.9 Å². The van der Waals surface area contributed by atoms with Gasteiger partial charge in [0.05, 0.1) is 25.4 Å². The minimum absolute atomic E-state index is 0.0338. The van der Waals surface area contributed by atoms with Gasteiger partial charge in [0.15, 0.2) is 0 Å². The molecule has 0 spiro atoms. The van der Waals surface area contributed by atoms with Gasteiger partial charge in [0.2, 0.25) is 0 Å². The van der Waals surface area contributed by atoms with E-state index in [0.717, 1.165) is 10.6 Å². The standard InChI is InChI=1S/C17H27N2O10P/c1-11(2)28-16(22)4-3-7-26-30(24,25)27-10-13-12(9-20)8-15(29-13)19-6-5-14(21)18-17(19)23/h5-6,11-13,15,20H,3-4,7-10H2,1-2H3,(H,24,25)(H,18,21,23)/t12-,13-,15-/m1/s1. The zero-order valence-electron chi connectivity index (χ0n) is 16.8. The fourth-order valence-electron chi connectivity index (χ4n) is 2.90. The summed E-state index contributed by atoms with van der Waals surface area (Å²) in [6.45, 7) is 2.59. The highest BCUT2D eigenvalue weighted by Crippen LogP contribution is 2.45. The molecule has 30 heavy (non-hydrogen) atoms. The molecule has 0 aliphatic carbocycles. The first-order valence-electron chi connectivity index (χ1n) is 9.50. The smallest absolute Gasteiger partial charge is 0.463 e. The summed E-state index contributed by atoms with van der Waals surface area (Å²) in [4.78, 5) is 46.4. The highest BCUT2D eigenvalue weighted by Gasteiger charge is 2.38. The Morgan fingerprint density at radius 1 is 1.40 bits per heavy atom. The van der Waals surface area contributed by atoms with Crippen LogP contribution in [-0.2, 0) is 27.9 Å². The Morgan fingerprint density at radius 2 is 2.13 bits per heavy atom. The van der Waals surface area contributed by atoms with Gasteiger partial charge in [-0.15, -0.1) is 0 Å². The molecule has 0 bridgehead atoms. The summed E-state index contributed by atoms with van der Waals surface area (Å²) in [6, 6.07) is 1.16. The molecule has 12 nitrogen and oxygen atoms in total. The quantitative estimate of drug-likeness (QED) is 0.242. The molecule has 3 N–H and O–H groups in total. The third kappa shape index (κ3) is 7.46. The summed E-state index contributed by atoms with van der Waals surface area (Å²) in [7, 11) is -4.41. The maximum absolute atomic E-state index is 12.0. The number of aromatic amines is 1. The van der Waals surface area contributed by atoms with Gasteiger partial charge in [-0.25, -0.2) is 9.36 Å². The molecule has 1 aliphatic rings. The van der Waals surface area contributed by atoms with Gasteiger partial charge in [0, 0.05) is 37.6 Å². The average Bonchev–Trinajstić information content (AvgIpc) is 3.06. The van der Waals surface area contributed by atoms with E-state index in [1.54, 1.807) is 13.8 Å². The monoisotopic (exact) mass is 450 g/mol. The van der Waals surface area contributed by atoms with Crippen molar-refractivity contribution in [1.82, 2.24) is 9.55 Å². The van der Waals surface area contributed by atoms with Crippen LogP contribution in [-0.4, -0.2) is 57.5 Å². The fourth-order valence-corrected chi connectivity index (χ4v) is 3.67. The molecule has 2 rings (SSSR count). The Bertz CT molecular complexity index is 867.